The molecule has 3 rings (SSSR count). The first-order chi connectivity index (χ1) is 13.1. The molecule has 1 aliphatic heterocycles. The summed E-state index contributed by atoms with van der Waals surface area (Å²) in [5.74, 6) is 0.841. The average molecular weight is 392 g/mol. The number of ether oxygens (including phenoxy) is 1. The number of nitrogens with one attached hydrogen (secondary N) is 2. The monoisotopic (exact) mass is 391 g/mol. The van der Waals surface area contributed by atoms with Gasteiger partial charge in [-0.2, -0.15) is 5.10 Å². The van der Waals surface area contributed by atoms with Gasteiger partial charge in [0.2, 0.25) is 11.7 Å². The zero-order chi connectivity index (χ0) is 19.2. The second-order valence-electron chi connectivity index (χ2n) is 6.52. The highest BCUT2D eigenvalue weighted by Crippen LogP contribution is 2.28. The molecule has 2 N–H and O–H groups in total. The highest BCUT2D eigenvalue weighted by Gasteiger charge is 2.26. The van der Waals surface area contributed by atoms with Gasteiger partial charge in [-0.3, -0.25) is 14.7 Å². The Labute approximate surface area is 162 Å². The summed E-state index contributed by atoms with van der Waals surface area (Å²) in [6, 6.07) is 5.08. The van der Waals surface area contributed by atoms with Crippen LogP contribution in [0.15, 0.2) is 24.5 Å². The average Bonchev–Trinajstić information content (AvgIpc) is 3.21. The number of carbonyl (C=O) groups excluding carboxylic acids is 2. The number of methoxy groups -OCH3 is 1. The van der Waals surface area contributed by atoms with Crippen molar-refractivity contribution >= 4 is 29.1 Å². The van der Waals surface area contributed by atoms with Crippen molar-refractivity contribution in [3.63, 3.8) is 0 Å². The second-order valence-corrected chi connectivity index (χ2v) is 6.96. The van der Waals surface area contributed by atoms with Crippen LogP contribution in [0.3, 0.4) is 0 Å². The molecular formula is C18H22ClN5O3. The quantitative estimate of drug-likeness (QED) is 0.788. The van der Waals surface area contributed by atoms with Crippen LogP contribution in [0.25, 0.3) is 0 Å². The van der Waals surface area contributed by atoms with Crippen molar-refractivity contribution in [1.82, 2.24) is 20.1 Å². The van der Waals surface area contributed by atoms with Crippen LogP contribution in [0.1, 0.15) is 36.3 Å². The van der Waals surface area contributed by atoms with Crippen molar-refractivity contribution in [1.29, 1.82) is 0 Å². The van der Waals surface area contributed by atoms with E-state index in [1.807, 2.05) is 0 Å². The van der Waals surface area contributed by atoms with E-state index in [1.165, 1.54) is 6.33 Å². The van der Waals surface area contributed by atoms with E-state index in [9.17, 15) is 9.59 Å². The number of amides is 2. The Bertz CT molecular complexity index is 796. The second kappa shape index (κ2) is 8.85. The zero-order valence-electron chi connectivity index (χ0n) is 15.1. The fourth-order valence-corrected chi connectivity index (χ4v) is 3.44. The first kappa shape index (κ1) is 19.2. The van der Waals surface area contributed by atoms with Gasteiger partial charge in [0.1, 0.15) is 12.1 Å². The number of nitrogens with zero attached hydrogens (tertiary/aromatic N) is 3. The molecular weight excluding hydrogens is 370 g/mol. The third kappa shape index (κ3) is 4.97. The van der Waals surface area contributed by atoms with Gasteiger partial charge in [0.15, 0.2) is 0 Å². The predicted octanol–water partition coefficient (Wildman–Crippen LogP) is 2.74. The predicted molar refractivity (Wildman–Crippen MR) is 101 cm³/mol. The van der Waals surface area contributed by atoms with Gasteiger partial charge in [-0.15, -0.1) is 0 Å². The summed E-state index contributed by atoms with van der Waals surface area (Å²) >= 11 is 5.99. The van der Waals surface area contributed by atoms with Gasteiger partial charge in [-0.05, 0) is 43.4 Å². The van der Waals surface area contributed by atoms with E-state index >= 15 is 0 Å². The number of hydrogen-bond acceptors (Lipinski definition) is 5. The summed E-state index contributed by atoms with van der Waals surface area (Å²) in [6.45, 7) is 1.31. The number of hydrogen-bond donors (Lipinski definition) is 2. The third-order valence-corrected chi connectivity index (χ3v) is 4.87. The molecule has 0 aliphatic carbocycles. The fourth-order valence-electron chi connectivity index (χ4n) is 3.27. The minimum absolute atomic E-state index is 0.103. The lowest BCUT2D eigenvalue weighted by molar-refractivity contribution is -0.116. The first-order valence-corrected chi connectivity index (χ1v) is 9.22. The van der Waals surface area contributed by atoms with Crippen LogP contribution in [-0.2, 0) is 4.79 Å². The third-order valence-electron chi connectivity index (χ3n) is 4.64. The number of halogens is 1. The Kier molecular flexibility index (Phi) is 6.28. The molecule has 2 heterocycles. The summed E-state index contributed by atoms with van der Waals surface area (Å²) in [5.41, 5.74) is 0.556. The van der Waals surface area contributed by atoms with Crippen molar-refractivity contribution < 1.29 is 14.3 Å². The molecule has 2 aromatic rings. The van der Waals surface area contributed by atoms with E-state index < -0.39 is 0 Å². The summed E-state index contributed by atoms with van der Waals surface area (Å²) < 4.78 is 5.24. The first-order valence-electron chi connectivity index (χ1n) is 8.85. The van der Waals surface area contributed by atoms with E-state index in [2.05, 4.69) is 20.5 Å². The molecule has 0 unspecified atom stereocenters. The van der Waals surface area contributed by atoms with Crippen LogP contribution < -0.4 is 10.1 Å². The summed E-state index contributed by atoms with van der Waals surface area (Å²) in [7, 11) is 1.54. The van der Waals surface area contributed by atoms with Gasteiger partial charge in [-0.25, -0.2) is 4.98 Å². The van der Waals surface area contributed by atoms with E-state index in [4.69, 9.17) is 16.3 Å². The maximum atomic E-state index is 12.4. The number of carbonyl (C=O) groups is 2. The smallest absolute Gasteiger partial charge is 0.291 e. The Morgan fingerprint density at radius 1 is 1.44 bits per heavy atom. The largest absolute Gasteiger partial charge is 0.495 e. The molecule has 1 saturated heterocycles. The Hall–Kier alpha value is -2.61. The summed E-state index contributed by atoms with van der Waals surface area (Å²) in [4.78, 5) is 30.4. The highest BCUT2D eigenvalue weighted by molar-refractivity contribution is 6.31. The number of H-pyrrole nitrogens is 1. The number of anilines is 1. The summed E-state index contributed by atoms with van der Waals surface area (Å²) in [5, 5.41) is 9.70. The summed E-state index contributed by atoms with van der Waals surface area (Å²) in [6.07, 6.45) is 4.30. The molecule has 1 aromatic heterocycles. The Morgan fingerprint density at radius 2 is 2.30 bits per heavy atom. The molecule has 2 amide bonds. The van der Waals surface area contributed by atoms with Gasteiger partial charge < -0.3 is 15.0 Å². The number of rotatable bonds is 6. The van der Waals surface area contributed by atoms with Crippen molar-refractivity contribution in [2.45, 2.75) is 25.7 Å². The Balaban J connectivity index is 1.51. The molecule has 8 nitrogen and oxygen atoms in total. The van der Waals surface area contributed by atoms with E-state index in [1.54, 1.807) is 30.2 Å². The molecule has 1 atom stereocenters. The lowest BCUT2D eigenvalue weighted by atomic mass is 9.93. The van der Waals surface area contributed by atoms with Crippen molar-refractivity contribution in [2.75, 3.05) is 25.5 Å². The highest BCUT2D eigenvalue weighted by atomic mass is 35.5. The lowest BCUT2D eigenvalue weighted by Crippen LogP contribution is -2.40. The van der Waals surface area contributed by atoms with E-state index in [0.29, 0.717) is 42.4 Å². The van der Waals surface area contributed by atoms with Gasteiger partial charge >= 0.3 is 0 Å². The van der Waals surface area contributed by atoms with Crippen LogP contribution in [0.5, 0.6) is 5.75 Å². The van der Waals surface area contributed by atoms with Crippen molar-refractivity contribution in [3.8, 4) is 5.75 Å². The molecule has 27 heavy (non-hydrogen) atoms. The van der Waals surface area contributed by atoms with Crippen LogP contribution in [0.4, 0.5) is 5.69 Å². The van der Waals surface area contributed by atoms with E-state index in [0.717, 1.165) is 12.8 Å². The van der Waals surface area contributed by atoms with Crippen LogP contribution in [0.2, 0.25) is 5.02 Å². The fraction of sp³-hybridized carbons (Fsp3) is 0.444. The minimum Gasteiger partial charge on any atom is -0.495 e. The van der Waals surface area contributed by atoms with E-state index in [-0.39, 0.29) is 23.6 Å². The van der Waals surface area contributed by atoms with Crippen molar-refractivity contribution in [2.24, 2.45) is 5.92 Å². The maximum Gasteiger partial charge on any atom is 0.291 e. The SMILES string of the molecule is COc1ccc(Cl)cc1NC(=O)CC[C@@H]1CCCN(C(=O)c2ncn[nH]2)C1. The van der Waals surface area contributed by atoms with Gasteiger partial charge in [0, 0.05) is 24.5 Å². The number of likely N-dealkylation sites (tertiary alicyclic amines) is 1. The number of aromatic nitrogens is 3. The molecule has 0 saturated carbocycles. The standard InChI is InChI=1S/C18H22ClN5O3/c1-27-15-6-5-13(19)9-14(15)22-16(25)7-4-12-3-2-8-24(10-12)18(26)17-20-11-21-23-17/h5-6,9,11-12H,2-4,7-8,10H2,1H3,(H,22,25)(H,20,21,23)/t12-/m0/s1. The van der Waals surface area contributed by atoms with Gasteiger partial charge in [-0.1, -0.05) is 11.6 Å². The molecule has 0 radical (unpaired) electrons. The lowest BCUT2D eigenvalue weighted by Gasteiger charge is -2.32. The molecule has 0 bridgehead atoms. The molecule has 0 spiro atoms. The van der Waals surface area contributed by atoms with Crippen LogP contribution >= 0.6 is 11.6 Å². The minimum atomic E-state index is -0.148. The molecule has 1 aromatic carbocycles. The molecule has 1 aliphatic rings. The molecule has 144 valence electrons. The van der Waals surface area contributed by atoms with Gasteiger partial charge in [0.05, 0.1) is 12.8 Å². The number of benzene rings is 1. The molecule has 1 fully saturated rings. The van der Waals surface area contributed by atoms with Crippen LogP contribution in [-0.4, -0.2) is 52.1 Å². The zero-order valence-corrected chi connectivity index (χ0v) is 15.8. The number of aromatic amines is 1. The Morgan fingerprint density at radius 3 is 3.04 bits per heavy atom. The van der Waals surface area contributed by atoms with Gasteiger partial charge in [0.25, 0.3) is 5.91 Å². The maximum absolute atomic E-state index is 12.4. The molecule has 9 heteroatoms. The normalized spacial score (nSPS) is 16.8. The van der Waals surface area contributed by atoms with Crippen LogP contribution in [0, 0.1) is 5.92 Å². The topological polar surface area (TPSA) is 100 Å². The van der Waals surface area contributed by atoms with Crippen molar-refractivity contribution in [3.05, 3.63) is 35.4 Å². The number of piperidine rings is 1.